The molecule has 0 unspecified atom stereocenters. The van der Waals surface area contributed by atoms with Gasteiger partial charge < -0.3 is 9.13 Å². The molecule has 0 aliphatic carbocycles. The normalized spacial score (nSPS) is 11.8. The van der Waals surface area contributed by atoms with E-state index in [2.05, 4.69) is 264 Å². The van der Waals surface area contributed by atoms with Crippen molar-refractivity contribution >= 4 is 72.4 Å². The molecule has 296 valence electrons. The smallest absolute Gasteiger partial charge is 0.179 e. The molecular weight excluding hydrogens is 777 g/mol. The fraction of sp³-hybridized carbons (Fsp3) is 0. The van der Waals surface area contributed by atoms with Crippen molar-refractivity contribution in [3.63, 3.8) is 0 Å². The average molecular weight is 819 g/mol. The molecule has 0 aliphatic rings. The molecule has 0 bridgehead atoms. The molecular formula is C60H42N2Si. The first-order chi connectivity index (χ1) is 31.3. The Balaban J connectivity index is 1.14. The maximum absolute atomic E-state index is 2.79. The Morgan fingerprint density at radius 3 is 1.29 bits per heavy atom. The Bertz CT molecular complexity index is 3500. The lowest BCUT2D eigenvalue weighted by Gasteiger charge is -2.34. The van der Waals surface area contributed by atoms with E-state index in [0.717, 1.165) is 11.4 Å². The highest BCUT2D eigenvalue weighted by molar-refractivity contribution is 7.20. The fourth-order valence-electron chi connectivity index (χ4n) is 10.2. The highest BCUT2D eigenvalue weighted by Crippen LogP contribution is 2.39. The summed E-state index contributed by atoms with van der Waals surface area (Å²) in [6.45, 7) is 0. The van der Waals surface area contributed by atoms with Gasteiger partial charge in [0.15, 0.2) is 8.07 Å². The van der Waals surface area contributed by atoms with Crippen LogP contribution in [0, 0.1) is 0 Å². The molecule has 0 atom stereocenters. The molecule has 0 radical (unpaired) electrons. The van der Waals surface area contributed by atoms with Crippen molar-refractivity contribution in [1.82, 2.24) is 9.13 Å². The first-order valence-corrected chi connectivity index (χ1v) is 23.8. The van der Waals surface area contributed by atoms with Crippen molar-refractivity contribution in [1.29, 1.82) is 0 Å². The van der Waals surface area contributed by atoms with E-state index < -0.39 is 8.07 Å². The monoisotopic (exact) mass is 818 g/mol. The van der Waals surface area contributed by atoms with Crippen LogP contribution in [0.1, 0.15) is 0 Å². The number of rotatable bonds is 8. The minimum Gasteiger partial charge on any atom is -0.309 e. The summed E-state index contributed by atoms with van der Waals surface area (Å²) >= 11 is 0. The molecule has 2 heterocycles. The number of para-hydroxylation sites is 1. The molecule has 0 aliphatic heterocycles. The fourth-order valence-corrected chi connectivity index (χ4v) is 15.0. The van der Waals surface area contributed by atoms with Crippen molar-refractivity contribution in [2.24, 2.45) is 0 Å². The second-order valence-corrected chi connectivity index (χ2v) is 20.3. The first-order valence-electron chi connectivity index (χ1n) is 21.8. The Kier molecular flexibility index (Phi) is 8.87. The van der Waals surface area contributed by atoms with Crippen LogP contribution in [0.15, 0.2) is 255 Å². The lowest BCUT2D eigenvalue weighted by Crippen LogP contribution is -2.74. The number of aromatic nitrogens is 2. The molecule has 0 amide bonds. The van der Waals surface area contributed by atoms with Gasteiger partial charge in [0.05, 0.1) is 22.1 Å². The van der Waals surface area contributed by atoms with Crippen molar-refractivity contribution in [2.75, 3.05) is 0 Å². The standard InChI is InChI=1S/C60H42N2Si/c1-6-19-43(20-7-1)45-23-18-24-47(39-45)61-58-38-33-46(44-21-8-2-9-22-44)40-56(58)55-36-34-48(41-59(55)61)62-57-32-17-16-31-53(57)54-37-35-52(42-60(54)62)63(49-25-10-3-11-26-49,50-27-12-4-13-28-50)51-29-14-5-15-30-51/h1-42H. The highest BCUT2D eigenvalue weighted by Gasteiger charge is 2.41. The zero-order chi connectivity index (χ0) is 41.7. The van der Waals surface area contributed by atoms with Gasteiger partial charge in [0.1, 0.15) is 0 Å². The predicted molar refractivity (Wildman–Crippen MR) is 270 cm³/mol. The van der Waals surface area contributed by atoms with E-state index in [0.29, 0.717) is 0 Å². The van der Waals surface area contributed by atoms with Crippen LogP contribution in [0.3, 0.4) is 0 Å². The Labute approximate surface area is 368 Å². The molecule has 3 heteroatoms. The van der Waals surface area contributed by atoms with Crippen LogP contribution in [0.4, 0.5) is 0 Å². The number of hydrogen-bond acceptors (Lipinski definition) is 0. The van der Waals surface area contributed by atoms with Gasteiger partial charge in [-0.2, -0.15) is 0 Å². The minimum absolute atomic E-state index is 1.13. The van der Waals surface area contributed by atoms with Gasteiger partial charge in [-0.15, -0.1) is 0 Å². The Hall–Kier alpha value is -7.98. The topological polar surface area (TPSA) is 9.86 Å². The summed E-state index contributed by atoms with van der Waals surface area (Å²) in [5.74, 6) is 0. The maximum Gasteiger partial charge on any atom is 0.179 e. The third kappa shape index (κ3) is 6.00. The summed E-state index contributed by atoms with van der Waals surface area (Å²) in [7, 11) is -2.79. The summed E-state index contributed by atoms with van der Waals surface area (Å²) in [5.41, 5.74) is 11.8. The summed E-state index contributed by atoms with van der Waals surface area (Å²) in [5, 5.41) is 10.4. The van der Waals surface area contributed by atoms with E-state index in [1.807, 2.05) is 0 Å². The van der Waals surface area contributed by atoms with Gasteiger partial charge in [0.25, 0.3) is 0 Å². The van der Waals surface area contributed by atoms with E-state index in [9.17, 15) is 0 Å². The lowest BCUT2D eigenvalue weighted by molar-refractivity contribution is 1.16. The van der Waals surface area contributed by atoms with Crippen molar-refractivity contribution in [3.05, 3.63) is 255 Å². The molecule has 12 aromatic rings. The van der Waals surface area contributed by atoms with Crippen LogP contribution < -0.4 is 20.7 Å². The van der Waals surface area contributed by atoms with Crippen molar-refractivity contribution in [3.8, 4) is 33.6 Å². The summed E-state index contributed by atoms with van der Waals surface area (Å²) in [6.07, 6.45) is 0. The molecule has 2 aromatic heterocycles. The number of benzene rings is 10. The zero-order valence-electron chi connectivity index (χ0n) is 34.6. The SMILES string of the molecule is c1ccc(-c2cccc(-n3c4ccc(-c5ccccc5)cc4c4ccc(-n5c6ccccc6c6ccc([Si](c7ccccc7)(c7ccccc7)c7ccccc7)cc65)cc43)c2)cc1. The van der Waals surface area contributed by atoms with Gasteiger partial charge >= 0.3 is 0 Å². The lowest BCUT2D eigenvalue weighted by atomic mass is 10.0. The van der Waals surface area contributed by atoms with Gasteiger partial charge in [-0.25, -0.2) is 0 Å². The maximum atomic E-state index is 2.52. The van der Waals surface area contributed by atoms with Crippen LogP contribution in [0.25, 0.3) is 77.2 Å². The second kappa shape index (κ2) is 15.2. The van der Waals surface area contributed by atoms with Gasteiger partial charge in [-0.3, -0.25) is 0 Å². The Morgan fingerprint density at radius 1 is 0.222 bits per heavy atom. The van der Waals surface area contributed by atoms with Gasteiger partial charge in [-0.05, 0) is 91.5 Å². The number of fused-ring (bicyclic) bond motifs is 6. The van der Waals surface area contributed by atoms with Crippen LogP contribution >= 0.6 is 0 Å². The van der Waals surface area contributed by atoms with E-state index in [1.54, 1.807) is 0 Å². The summed E-state index contributed by atoms with van der Waals surface area (Å²) in [6, 6.07) is 94.3. The molecule has 0 fully saturated rings. The van der Waals surface area contributed by atoms with Gasteiger partial charge in [0, 0.05) is 32.9 Å². The second-order valence-electron chi connectivity index (χ2n) is 16.5. The summed E-state index contributed by atoms with van der Waals surface area (Å²) in [4.78, 5) is 0. The predicted octanol–water partition coefficient (Wildman–Crippen LogP) is 12.6. The highest BCUT2D eigenvalue weighted by atomic mass is 28.3. The van der Waals surface area contributed by atoms with E-state index in [4.69, 9.17) is 0 Å². The molecule has 63 heavy (non-hydrogen) atoms. The van der Waals surface area contributed by atoms with Crippen molar-refractivity contribution < 1.29 is 0 Å². The third-order valence-corrected chi connectivity index (χ3v) is 17.8. The first kappa shape index (κ1) is 36.8. The molecule has 2 nitrogen and oxygen atoms in total. The van der Waals surface area contributed by atoms with Gasteiger partial charge in [-0.1, -0.05) is 206 Å². The van der Waals surface area contributed by atoms with Crippen LogP contribution in [-0.2, 0) is 0 Å². The van der Waals surface area contributed by atoms with E-state index in [-0.39, 0.29) is 0 Å². The molecule has 0 saturated heterocycles. The van der Waals surface area contributed by atoms with Gasteiger partial charge in [0.2, 0.25) is 0 Å². The molecule has 10 aromatic carbocycles. The quantitative estimate of drug-likeness (QED) is 0.107. The Morgan fingerprint density at radius 2 is 0.667 bits per heavy atom. The van der Waals surface area contributed by atoms with E-state index >= 15 is 0 Å². The van der Waals surface area contributed by atoms with Crippen molar-refractivity contribution in [2.45, 2.75) is 0 Å². The molecule has 12 rings (SSSR count). The largest absolute Gasteiger partial charge is 0.309 e. The zero-order valence-corrected chi connectivity index (χ0v) is 35.6. The van der Waals surface area contributed by atoms with Crippen LogP contribution in [-0.4, -0.2) is 17.2 Å². The number of hydrogen-bond donors (Lipinski definition) is 0. The molecule has 0 saturated carbocycles. The molecule has 0 spiro atoms. The van der Waals surface area contributed by atoms with E-state index in [1.165, 1.54) is 86.6 Å². The number of nitrogens with zero attached hydrogens (tertiary/aromatic N) is 2. The average Bonchev–Trinajstić information content (AvgIpc) is 3.87. The summed E-state index contributed by atoms with van der Waals surface area (Å²) < 4.78 is 4.97. The van der Waals surface area contributed by atoms with Crippen LogP contribution in [0.5, 0.6) is 0 Å². The van der Waals surface area contributed by atoms with Crippen LogP contribution in [0.2, 0.25) is 0 Å². The minimum atomic E-state index is -2.79. The molecule has 0 N–H and O–H groups in total. The third-order valence-electron chi connectivity index (χ3n) is 13.1.